The maximum absolute atomic E-state index is 13.0. The topological polar surface area (TPSA) is 35.8 Å². The summed E-state index contributed by atoms with van der Waals surface area (Å²) in [5.41, 5.74) is 2.41. The van der Waals surface area contributed by atoms with Gasteiger partial charge in [-0.25, -0.2) is 4.39 Å². The molecule has 0 bridgehead atoms. The van der Waals surface area contributed by atoms with Gasteiger partial charge in [0, 0.05) is 13.1 Å². The molecule has 17 heavy (non-hydrogen) atoms. The summed E-state index contributed by atoms with van der Waals surface area (Å²) < 4.78 is 13.0. The second kappa shape index (κ2) is 5.58. The Labute approximate surface area is 103 Å². The molecule has 0 atom stereocenters. The molecule has 86 valence electrons. The standard InChI is InChI=1S/C13H11FN2S/c14-13-2-1-11(6-15)12(5-13)8-16-7-10-3-4-17-9-10/h1-5,9,16H,7-8H2. The van der Waals surface area contributed by atoms with Crippen molar-refractivity contribution in [3.05, 3.63) is 57.5 Å². The van der Waals surface area contributed by atoms with Crippen LogP contribution in [-0.4, -0.2) is 0 Å². The van der Waals surface area contributed by atoms with Crippen LogP contribution in [0.3, 0.4) is 0 Å². The first-order chi connectivity index (χ1) is 8.29. The van der Waals surface area contributed by atoms with Crippen molar-refractivity contribution in [2.45, 2.75) is 13.1 Å². The van der Waals surface area contributed by atoms with Gasteiger partial charge in [0.2, 0.25) is 0 Å². The largest absolute Gasteiger partial charge is 0.309 e. The summed E-state index contributed by atoms with van der Waals surface area (Å²) in [5, 5.41) is 16.2. The van der Waals surface area contributed by atoms with Gasteiger partial charge >= 0.3 is 0 Å². The maximum atomic E-state index is 13.0. The molecule has 1 aromatic heterocycles. The average molecular weight is 246 g/mol. The van der Waals surface area contributed by atoms with Crippen molar-refractivity contribution < 1.29 is 4.39 Å². The third-order valence-corrected chi connectivity index (χ3v) is 3.14. The highest BCUT2D eigenvalue weighted by Crippen LogP contribution is 2.11. The lowest BCUT2D eigenvalue weighted by molar-refractivity contribution is 0.620. The molecule has 0 spiro atoms. The molecule has 1 aromatic carbocycles. The number of halogens is 1. The van der Waals surface area contributed by atoms with Crippen LogP contribution in [0, 0.1) is 17.1 Å². The Bertz CT molecular complexity index is 529. The molecule has 0 saturated heterocycles. The highest BCUT2D eigenvalue weighted by molar-refractivity contribution is 7.07. The van der Waals surface area contributed by atoms with Crippen LogP contribution in [0.2, 0.25) is 0 Å². The summed E-state index contributed by atoms with van der Waals surface area (Å²) >= 11 is 1.64. The molecule has 1 N–H and O–H groups in total. The van der Waals surface area contributed by atoms with E-state index in [1.54, 1.807) is 11.3 Å². The first-order valence-corrected chi connectivity index (χ1v) is 6.14. The molecule has 0 amide bonds. The smallest absolute Gasteiger partial charge is 0.123 e. The quantitative estimate of drug-likeness (QED) is 0.900. The lowest BCUT2D eigenvalue weighted by Crippen LogP contribution is -2.13. The lowest BCUT2D eigenvalue weighted by atomic mass is 10.1. The van der Waals surface area contributed by atoms with Crippen LogP contribution in [-0.2, 0) is 13.1 Å². The summed E-state index contributed by atoms with van der Waals surface area (Å²) in [7, 11) is 0. The van der Waals surface area contributed by atoms with Crippen molar-refractivity contribution in [2.75, 3.05) is 0 Å². The molecule has 0 aliphatic heterocycles. The summed E-state index contributed by atoms with van der Waals surface area (Å²) in [6, 6.07) is 8.32. The summed E-state index contributed by atoms with van der Waals surface area (Å²) in [6.45, 7) is 1.22. The second-order valence-corrected chi connectivity index (χ2v) is 4.43. The monoisotopic (exact) mass is 246 g/mol. The molecular weight excluding hydrogens is 235 g/mol. The summed E-state index contributed by atoms with van der Waals surface area (Å²) in [4.78, 5) is 0. The average Bonchev–Trinajstić information content (AvgIpc) is 2.82. The Morgan fingerprint density at radius 2 is 2.18 bits per heavy atom. The number of hydrogen-bond donors (Lipinski definition) is 1. The highest BCUT2D eigenvalue weighted by Gasteiger charge is 2.03. The minimum Gasteiger partial charge on any atom is -0.309 e. The Kier molecular flexibility index (Phi) is 3.86. The van der Waals surface area contributed by atoms with Gasteiger partial charge in [0.1, 0.15) is 5.82 Å². The van der Waals surface area contributed by atoms with Crippen LogP contribution in [0.25, 0.3) is 0 Å². The van der Waals surface area contributed by atoms with E-state index in [4.69, 9.17) is 5.26 Å². The number of hydrogen-bond acceptors (Lipinski definition) is 3. The van der Waals surface area contributed by atoms with Gasteiger partial charge in [-0.1, -0.05) is 0 Å². The lowest BCUT2D eigenvalue weighted by Gasteiger charge is -2.05. The molecule has 0 fully saturated rings. The number of nitrogens with one attached hydrogen (secondary N) is 1. The van der Waals surface area contributed by atoms with Crippen LogP contribution in [0.5, 0.6) is 0 Å². The van der Waals surface area contributed by atoms with Crippen molar-refractivity contribution in [1.29, 1.82) is 5.26 Å². The van der Waals surface area contributed by atoms with Gasteiger partial charge in [0.15, 0.2) is 0 Å². The van der Waals surface area contributed by atoms with E-state index in [1.807, 2.05) is 11.4 Å². The fraction of sp³-hybridized carbons (Fsp3) is 0.154. The molecule has 0 radical (unpaired) electrons. The third-order valence-electron chi connectivity index (χ3n) is 2.41. The first kappa shape index (κ1) is 11.8. The predicted octanol–water partition coefficient (Wildman–Crippen LogP) is 3.05. The van der Waals surface area contributed by atoms with Gasteiger partial charge in [-0.15, -0.1) is 0 Å². The van der Waals surface area contributed by atoms with Crippen molar-refractivity contribution in [3.8, 4) is 6.07 Å². The van der Waals surface area contributed by atoms with Gasteiger partial charge in [-0.2, -0.15) is 16.6 Å². The van der Waals surface area contributed by atoms with Crippen molar-refractivity contribution in [3.63, 3.8) is 0 Å². The zero-order chi connectivity index (χ0) is 12.1. The van der Waals surface area contributed by atoms with E-state index in [1.165, 1.54) is 23.8 Å². The molecule has 0 unspecified atom stereocenters. The minimum atomic E-state index is -0.309. The first-order valence-electron chi connectivity index (χ1n) is 5.20. The van der Waals surface area contributed by atoms with E-state index < -0.39 is 0 Å². The predicted molar refractivity (Wildman–Crippen MR) is 66.0 cm³/mol. The Morgan fingerprint density at radius 1 is 1.29 bits per heavy atom. The van der Waals surface area contributed by atoms with Crippen molar-refractivity contribution >= 4 is 11.3 Å². The SMILES string of the molecule is N#Cc1ccc(F)cc1CNCc1ccsc1. The zero-order valence-electron chi connectivity index (χ0n) is 9.11. The van der Waals surface area contributed by atoms with E-state index in [0.29, 0.717) is 17.7 Å². The van der Waals surface area contributed by atoms with E-state index in [0.717, 1.165) is 6.54 Å². The van der Waals surface area contributed by atoms with Gasteiger partial charge in [-0.05, 0) is 46.2 Å². The molecule has 0 aliphatic rings. The number of benzene rings is 1. The van der Waals surface area contributed by atoms with Crippen LogP contribution in [0.4, 0.5) is 4.39 Å². The normalized spacial score (nSPS) is 10.1. The maximum Gasteiger partial charge on any atom is 0.123 e. The van der Waals surface area contributed by atoms with E-state index in [2.05, 4.69) is 16.8 Å². The second-order valence-electron chi connectivity index (χ2n) is 3.65. The fourth-order valence-electron chi connectivity index (χ4n) is 1.55. The van der Waals surface area contributed by atoms with Gasteiger partial charge in [0.05, 0.1) is 11.6 Å². The van der Waals surface area contributed by atoms with E-state index in [-0.39, 0.29) is 5.82 Å². The van der Waals surface area contributed by atoms with Crippen LogP contribution < -0.4 is 5.32 Å². The van der Waals surface area contributed by atoms with Gasteiger partial charge in [0.25, 0.3) is 0 Å². The van der Waals surface area contributed by atoms with Gasteiger partial charge < -0.3 is 5.32 Å². The number of thiophene rings is 1. The summed E-state index contributed by atoms with van der Waals surface area (Å²) in [5.74, 6) is -0.309. The zero-order valence-corrected chi connectivity index (χ0v) is 9.93. The number of nitrogens with zero attached hydrogens (tertiary/aromatic N) is 1. The van der Waals surface area contributed by atoms with Crippen molar-refractivity contribution in [2.24, 2.45) is 0 Å². The molecular formula is C13H11FN2S. The molecule has 2 nitrogen and oxygen atoms in total. The van der Waals surface area contributed by atoms with Crippen molar-refractivity contribution in [1.82, 2.24) is 5.32 Å². The minimum absolute atomic E-state index is 0.309. The molecule has 0 aliphatic carbocycles. The van der Waals surface area contributed by atoms with Crippen LogP contribution in [0.1, 0.15) is 16.7 Å². The third kappa shape index (κ3) is 3.13. The Balaban J connectivity index is 1.99. The molecule has 1 heterocycles. The number of nitriles is 1. The van der Waals surface area contributed by atoms with E-state index >= 15 is 0 Å². The van der Waals surface area contributed by atoms with E-state index in [9.17, 15) is 4.39 Å². The number of rotatable bonds is 4. The molecule has 4 heteroatoms. The van der Waals surface area contributed by atoms with Gasteiger partial charge in [-0.3, -0.25) is 0 Å². The Hall–Kier alpha value is -1.70. The highest BCUT2D eigenvalue weighted by atomic mass is 32.1. The molecule has 0 saturated carbocycles. The fourth-order valence-corrected chi connectivity index (χ4v) is 2.22. The Morgan fingerprint density at radius 3 is 2.88 bits per heavy atom. The summed E-state index contributed by atoms with van der Waals surface area (Å²) in [6.07, 6.45) is 0. The van der Waals surface area contributed by atoms with Crippen LogP contribution in [0.15, 0.2) is 35.0 Å². The molecule has 2 rings (SSSR count). The van der Waals surface area contributed by atoms with Crippen LogP contribution >= 0.6 is 11.3 Å². The molecule has 2 aromatic rings.